The maximum absolute atomic E-state index is 13.5. The smallest absolute Gasteiger partial charge is 0.261 e. The van der Waals surface area contributed by atoms with Gasteiger partial charge in [0.1, 0.15) is 11.8 Å². The highest BCUT2D eigenvalue weighted by molar-refractivity contribution is 9.10. The molecule has 1 saturated carbocycles. The summed E-state index contributed by atoms with van der Waals surface area (Å²) < 4.78 is 6.68. The predicted octanol–water partition coefficient (Wildman–Crippen LogP) is 7.51. The van der Waals surface area contributed by atoms with Gasteiger partial charge in [-0.05, 0) is 70.9 Å². The van der Waals surface area contributed by atoms with Gasteiger partial charge >= 0.3 is 0 Å². The van der Waals surface area contributed by atoms with Gasteiger partial charge in [-0.25, -0.2) is 0 Å². The molecule has 1 unspecified atom stereocenters. The second-order valence-corrected chi connectivity index (χ2v) is 11.3. The first kappa shape index (κ1) is 28.8. The molecule has 1 fully saturated rings. The third-order valence-corrected chi connectivity index (χ3v) is 8.03. The summed E-state index contributed by atoms with van der Waals surface area (Å²) in [6.07, 6.45) is 5.81. The number of carbonyl (C=O) groups excluding carboxylic acids is 2. The zero-order valence-corrected chi connectivity index (χ0v) is 24.3. The third-order valence-electron chi connectivity index (χ3n) is 6.70. The quantitative estimate of drug-likeness (QED) is 0.308. The number of hydrogen-bond acceptors (Lipinski definition) is 3. The Labute approximate surface area is 233 Å². The third kappa shape index (κ3) is 7.62. The molecule has 0 spiro atoms. The SMILES string of the molecule is CCC(C(=O)NC1CCCCC1)N(Cc1c(Cl)cccc1Cl)C(=O)COc1ccc(C(C)C)cc1Br. The summed E-state index contributed by atoms with van der Waals surface area (Å²) in [5.74, 6) is 0.490. The molecule has 2 amide bonds. The van der Waals surface area contributed by atoms with Crippen molar-refractivity contribution in [1.29, 1.82) is 0 Å². The minimum atomic E-state index is -0.665. The van der Waals surface area contributed by atoms with Gasteiger partial charge in [0.25, 0.3) is 5.91 Å². The van der Waals surface area contributed by atoms with Crippen LogP contribution in [0.4, 0.5) is 0 Å². The van der Waals surface area contributed by atoms with Crippen molar-refractivity contribution in [3.63, 3.8) is 0 Å². The van der Waals surface area contributed by atoms with Crippen molar-refractivity contribution in [2.75, 3.05) is 6.61 Å². The minimum absolute atomic E-state index is 0.116. The van der Waals surface area contributed by atoms with Crippen molar-refractivity contribution in [2.24, 2.45) is 0 Å². The second kappa shape index (κ2) is 13.7. The van der Waals surface area contributed by atoms with E-state index in [9.17, 15) is 9.59 Å². The maximum Gasteiger partial charge on any atom is 0.261 e. The van der Waals surface area contributed by atoms with Gasteiger partial charge in [0, 0.05) is 28.2 Å². The molecule has 1 aliphatic carbocycles. The summed E-state index contributed by atoms with van der Waals surface area (Å²) in [5.41, 5.74) is 1.78. The molecular weight excluding hydrogens is 563 g/mol. The van der Waals surface area contributed by atoms with Crippen molar-refractivity contribution in [3.05, 3.63) is 62.0 Å². The molecule has 36 heavy (non-hydrogen) atoms. The number of amides is 2. The molecule has 0 aliphatic heterocycles. The summed E-state index contributed by atoms with van der Waals surface area (Å²) >= 11 is 16.4. The van der Waals surface area contributed by atoms with E-state index in [-0.39, 0.29) is 31.0 Å². The second-order valence-electron chi connectivity index (χ2n) is 9.62. The van der Waals surface area contributed by atoms with Gasteiger partial charge in [-0.3, -0.25) is 9.59 Å². The molecule has 196 valence electrons. The molecule has 3 rings (SSSR count). The lowest BCUT2D eigenvalue weighted by atomic mass is 9.95. The first-order valence-electron chi connectivity index (χ1n) is 12.7. The Morgan fingerprint density at radius 1 is 1.11 bits per heavy atom. The van der Waals surface area contributed by atoms with Crippen LogP contribution in [0.1, 0.15) is 76.3 Å². The van der Waals surface area contributed by atoms with Crippen LogP contribution in [-0.4, -0.2) is 35.4 Å². The first-order chi connectivity index (χ1) is 17.2. The van der Waals surface area contributed by atoms with Crippen LogP contribution in [0.5, 0.6) is 5.75 Å². The van der Waals surface area contributed by atoms with Crippen LogP contribution in [-0.2, 0) is 16.1 Å². The van der Waals surface area contributed by atoms with Crippen LogP contribution < -0.4 is 10.1 Å². The summed E-state index contributed by atoms with van der Waals surface area (Å²) in [7, 11) is 0. The summed E-state index contributed by atoms with van der Waals surface area (Å²) in [6, 6.07) is 10.6. The lowest BCUT2D eigenvalue weighted by Gasteiger charge is -2.33. The Bertz CT molecular complexity index is 1040. The number of halogens is 3. The van der Waals surface area contributed by atoms with Gasteiger partial charge in [0.05, 0.1) is 4.47 Å². The lowest BCUT2D eigenvalue weighted by Crippen LogP contribution is -2.52. The lowest BCUT2D eigenvalue weighted by molar-refractivity contribution is -0.143. The minimum Gasteiger partial charge on any atom is -0.483 e. The van der Waals surface area contributed by atoms with Crippen LogP contribution >= 0.6 is 39.1 Å². The zero-order chi connectivity index (χ0) is 26.2. The highest BCUT2D eigenvalue weighted by Crippen LogP contribution is 2.30. The summed E-state index contributed by atoms with van der Waals surface area (Å²) in [6.45, 7) is 6.04. The van der Waals surface area contributed by atoms with E-state index in [2.05, 4.69) is 35.1 Å². The molecular formula is C28H35BrCl2N2O3. The number of nitrogens with one attached hydrogen (secondary N) is 1. The van der Waals surface area contributed by atoms with Gasteiger partial charge in [-0.15, -0.1) is 0 Å². The molecule has 5 nitrogen and oxygen atoms in total. The van der Waals surface area contributed by atoms with Crippen molar-refractivity contribution in [1.82, 2.24) is 10.2 Å². The average molecular weight is 598 g/mol. The number of nitrogens with zero attached hydrogens (tertiary/aromatic N) is 1. The topological polar surface area (TPSA) is 58.6 Å². The van der Waals surface area contributed by atoms with Gasteiger partial charge in [-0.2, -0.15) is 0 Å². The zero-order valence-electron chi connectivity index (χ0n) is 21.2. The van der Waals surface area contributed by atoms with E-state index in [0.717, 1.165) is 30.2 Å². The predicted molar refractivity (Wildman–Crippen MR) is 150 cm³/mol. The van der Waals surface area contributed by atoms with E-state index >= 15 is 0 Å². The summed E-state index contributed by atoms with van der Waals surface area (Å²) in [4.78, 5) is 28.4. The Morgan fingerprint density at radius 3 is 2.36 bits per heavy atom. The summed E-state index contributed by atoms with van der Waals surface area (Å²) in [5, 5.41) is 4.08. The normalized spacial score (nSPS) is 15.0. The van der Waals surface area contributed by atoms with Crippen LogP contribution in [0, 0.1) is 0 Å². The van der Waals surface area contributed by atoms with Gasteiger partial charge < -0.3 is 15.0 Å². The van der Waals surface area contributed by atoms with Crippen LogP contribution in [0.2, 0.25) is 10.0 Å². The number of hydrogen-bond donors (Lipinski definition) is 1. The van der Waals surface area contributed by atoms with Gasteiger partial charge in [0.15, 0.2) is 6.61 Å². The van der Waals surface area contributed by atoms with Gasteiger partial charge in [0.2, 0.25) is 5.91 Å². The van der Waals surface area contributed by atoms with E-state index in [1.54, 1.807) is 23.1 Å². The number of carbonyl (C=O) groups is 2. The molecule has 0 aromatic heterocycles. The first-order valence-corrected chi connectivity index (χ1v) is 14.2. The molecule has 1 aliphatic rings. The van der Waals surface area contributed by atoms with E-state index < -0.39 is 6.04 Å². The molecule has 0 saturated heterocycles. The number of benzene rings is 2. The number of rotatable bonds is 10. The van der Waals surface area contributed by atoms with E-state index in [4.69, 9.17) is 27.9 Å². The number of ether oxygens (including phenoxy) is 1. The van der Waals surface area contributed by atoms with E-state index in [1.807, 2.05) is 25.1 Å². The maximum atomic E-state index is 13.5. The van der Waals surface area contributed by atoms with E-state index in [0.29, 0.717) is 33.7 Å². The van der Waals surface area contributed by atoms with Gasteiger partial charge in [-0.1, -0.05) is 75.4 Å². The highest BCUT2D eigenvalue weighted by atomic mass is 79.9. The van der Waals surface area contributed by atoms with Crippen molar-refractivity contribution < 1.29 is 14.3 Å². The monoisotopic (exact) mass is 596 g/mol. The fourth-order valence-electron chi connectivity index (χ4n) is 4.53. The Kier molecular flexibility index (Phi) is 11.0. The molecule has 1 atom stereocenters. The largest absolute Gasteiger partial charge is 0.483 e. The fraction of sp³-hybridized carbons (Fsp3) is 0.500. The Morgan fingerprint density at radius 2 is 1.78 bits per heavy atom. The molecule has 0 bridgehead atoms. The van der Waals surface area contributed by atoms with Crippen molar-refractivity contribution >= 4 is 50.9 Å². The average Bonchev–Trinajstić information content (AvgIpc) is 2.85. The van der Waals surface area contributed by atoms with Crippen molar-refractivity contribution in [3.8, 4) is 5.75 Å². The molecule has 8 heteroatoms. The molecule has 2 aromatic carbocycles. The molecule has 0 heterocycles. The Balaban J connectivity index is 1.81. The van der Waals surface area contributed by atoms with Crippen molar-refractivity contribution in [2.45, 2.75) is 83.8 Å². The molecule has 0 radical (unpaired) electrons. The highest BCUT2D eigenvalue weighted by Gasteiger charge is 2.31. The molecule has 1 N–H and O–H groups in total. The van der Waals surface area contributed by atoms with E-state index in [1.165, 1.54) is 12.0 Å². The standard InChI is InChI=1S/C28H35BrCl2N2O3/c1-4-25(28(35)32-20-9-6-5-7-10-20)33(16-21-23(30)11-8-12-24(21)31)27(34)17-36-26-14-13-19(18(2)3)15-22(26)29/h8,11-15,18,20,25H,4-7,9-10,16-17H2,1-3H3,(H,32,35). The molecule has 2 aromatic rings. The van der Waals surface area contributed by atoms with Crippen LogP contribution in [0.15, 0.2) is 40.9 Å². The van der Waals surface area contributed by atoms with Crippen LogP contribution in [0.25, 0.3) is 0 Å². The van der Waals surface area contributed by atoms with Crippen LogP contribution in [0.3, 0.4) is 0 Å². The Hall–Kier alpha value is -1.76. The fourth-order valence-corrected chi connectivity index (χ4v) is 5.56.